The lowest BCUT2D eigenvalue weighted by atomic mass is 9.74. The Bertz CT molecular complexity index is 754. The average Bonchev–Trinajstić information content (AvgIpc) is 3.44. The van der Waals surface area contributed by atoms with Crippen molar-refractivity contribution in [3.63, 3.8) is 0 Å². The van der Waals surface area contributed by atoms with Crippen molar-refractivity contribution in [3.8, 4) is 0 Å². The summed E-state index contributed by atoms with van der Waals surface area (Å²) in [6.45, 7) is 3.13. The molecule has 1 aromatic carbocycles. The summed E-state index contributed by atoms with van der Waals surface area (Å²) in [4.78, 5) is 12.4. The molecule has 1 aromatic rings. The molecule has 1 aliphatic heterocycles. The molecule has 1 N–H and O–H groups in total. The van der Waals surface area contributed by atoms with Gasteiger partial charge in [-0.15, -0.1) is 0 Å². The van der Waals surface area contributed by atoms with Gasteiger partial charge in [0.2, 0.25) is 10.0 Å². The number of amides is 1. The minimum atomic E-state index is -3.17. The lowest BCUT2D eigenvalue weighted by Crippen LogP contribution is -2.48. The number of nitrogens with one attached hydrogen (secondary N) is 1. The molecule has 0 bridgehead atoms. The Hall–Kier alpha value is -1.47. The second kappa shape index (κ2) is 7.64. The third-order valence-electron chi connectivity index (χ3n) is 5.70. The first-order valence-corrected chi connectivity index (χ1v) is 11.0. The first-order chi connectivity index (χ1) is 12.4. The highest BCUT2D eigenvalue weighted by atomic mass is 32.2. The van der Waals surface area contributed by atoms with Gasteiger partial charge in [0, 0.05) is 19.6 Å². The summed E-state index contributed by atoms with van der Waals surface area (Å²) >= 11 is 0. The van der Waals surface area contributed by atoms with E-state index in [1.165, 1.54) is 25.0 Å². The van der Waals surface area contributed by atoms with Crippen LogP contribution in [0.15, 0.2) is 24.3 Å². The van der Waals surface area contributed by atoms with Crippen LogP contribution in [0.2, 0.25) is 0 Å². The van der Waals surface area contributed by atoms with E-state index in [1.54, 1.807) is 23.4 Å². The van der Waals surface area contributed by atoms with Gasteiger partial charge in [0.15, 0.2) is 0 Å². The second-order valence-electron chi connectivity index (χ2n) is 7.61. The molecule has 1 saturated heterocycles. The molecule has 2 fully saturated rings. The molecule has 0 unspecified atom stereocenters. The Morgan fingerprint density at radius 3 is 2.50 bits per heavy atom. The number of benzene rings is 1. The van der Waals surface area contributed by atoms with Crippen LogP contribution in [-0.4, -0.2) is 44.0 Å². The van der Waals surface area contributed by atoms with Crippen molar-refractivity contribution >= 4 is 15.9 Å². The average molecular weight is 383 g/mol. The third-order valence-corrected chi connectivity index (χ3v) is 7.58. The number of hydrogen-bond acceptors (Lipinski definition) is 3. The van der Waals surface area contributed by atoms with E-state index in [-0.39, 0.29) is 16.7 Å². The van der Waals surface area contributed by atoms with Gasteiger partial charge in [-0.2, -0.15) is 0 Å². The minimum absolute atomic E-state index is 0.0556. The van der Waals surface area contributed by atoms with Gasteiger partial charge in [-0.25, -0.2) is 17.1 Å². The van der Waals surface area contributed by atoms with E-state index in [9.17, 15) is 17.6 Å². The van der Waals surface area contributed by atoms with Gasteiger partial charge in [0.25, 0.3) is 5.91 Å². The number of piperidine rings is 1. The van der Waals surface area contributed by atoms with Crippen molar-refractivity contribution in [2.45, 2.75) is 39.0 Å². The molecule has 144 valence electrons. The fraction of sp³-hybridized carbons (Fsp3) is 0.632. The summed E-state index contributed by atoms with van der Waals surface area (Å²) in [5.41, 5.74) is -0.0398. The Labute approximate surface area is 155 Å². The SMILES string of the molecule is CCS(=O)(=O)N1CCC(CNC(=O)c2ccccc2F)(CC2CC2)CC1. The van der Waals surface area contributed by atoms with Gasteiger partial charge in [0.05, 0.1) is 11.3 Å². The van der Waals surface area contributed by atoms with Crippen LogP contribution in [-0.2, 0) is 10.0 Å². The molecule has 2 aliphatic rings. The molecule has 1 amide bonds. The summed E-state index contributed by atoms with van der Waals surface area (Å²) in [6.07, 6.45) is 4.89. The van der Waals surface area contributed by atoms with Gasteiger partial charge >= 0.3 is 0 Å². The molecule has 1 saturated carbocycles. The maximum Gasteiger partial charge on any atom is 0.254 e. The zero-order chi connectivity index (χ0) is 18.8. The maximum atomic E-state index is 13.8. The molecule has 3 rings (SSSR count). The van der Waals surface area contributed by atoms with Crippen molar-refractivity contribution in [1.82, 2.24) is 9.62 Å². The molecule has 1 heterocycles. The lowest BCUT2D eigenvalue weighted by molar-refractivity contribution is 0.0868. The largest absolute Gasteiger partial charge is 0.351 e. The van der Waals surface area contributed by atoms with Crippen molar-refractivity contribution < 1.29 is 17.6 Å². The molecule has 1 aliphatic carbocycles. The zero-order valence-corrected chi connectivity index (χ0v) is 16.0. The smallest absolute Gasteiger partial charge is 0.254 e. The topological polar surface area (TPSA) is 66.5 Å². The predicted octanol–water partition coefficient (Wildman–Crippen LogP) is 2.79. The van der Waals surface area contributed by atoms with E-state index < -0.39 is 21.7 Å². The second-order valence-corrected chi connectivity index (χ2v) is 9.87. The number of rotatable bonds is 7. The van der Waals surface area contributed by atoms with Gasteiger partial charge in [-0.05, 0) is 49.7 Å². The summed E-state index contributed by atoms with van der Waals surface area (Å²) in [5, 5.41) is 2.90. The van der Waals surface area contributed by atoms with Crippen LogP contribution in [0.25, 0.3) is 0 Å². The van der Waals surface area contributed by atoms with E-state index in [0.717, 1.165) is 19.3 Å². The van der Waals surface area contributed by atoms with Crippen LogP contribution < -0.4 is 5.32 Å². The van der Waals surface area contributed by atoms with E-state index in [1.807, 2.05) is 0 Å². The summed E-state index contributed by atoms with van der Waals surface area (Å²) < 4.78 is 39.6. The molecule has 0 radical (unpaired) electrons. The summed E-state index contributed by atoms with van der Waals surface area (Å²) in [6, 6.07) is 5.97. The van der Waals surface area contributed by atoms with Gasteiger partial charge in [-0.3, -0.25) is 4.79 Å². The van der Waals surface area contributed by atoms with Crippen LogP contribution in [0.1, 0.15) is 49.4 Å². The van der Waals surface area contributed by atoms with Crippen molar-refractivity contribution in [1.29, 1.82) is 0 Å². The van der Waals surface area contributed by atoms with Crippen molar-refractivity contribution in [2.24, 2.45) is 11.3 Å². The molecule has 26 heavy (non-hydrogen) atoms. The Kier molecular flexibility index (Phi) is 5.67. The fourth-order valence-electron chi connectivity index (χ4n) is 3.82. The fourth-order valence-corrected chi connectivity index (χ4v) is 4.92. The Morgan fingerprint density at radius 2 is 1.92 bits per heavy atom. The molecular weight excluding hydrogens is 355 g/mol. The van der Waals surface area contributed by atoms with E-state index >= 15 is 0 Å². The highest BCUT2D eigenvalue weighted by molar-refractivity contribution is 7.89. The number of halogens is 1. The minimum Gasteiger partial charge on any atom is -0.351 e. The summed E-state index contributed by atoms with van der Waals surface area (Å²) in [7, 11) is -3.17. The predicted molar refractivity (Wildman–Crippen MR) is 98.8 cm³/mol. The molecule has 7 heteroatoms. The van der Waals surface area contributed by atoms with Crippen LogP contribution in [0, 0.1) is 17.2 Å². The van der Waals surface area contributed by atoms with Gasteiger partial charge < -0.3 is 5.32 Å². The van der Waals surface area contributed by atoms with E-state index in [2.05, 4.69) is 5.32 Å². The number of nitrogens with zero attached hydrogens (tertiary/aromatic N) is 1. The van der Waals surface area contributed by atoms with Crippen molar-refractivity contribution in [3.05, 3.63) is 35.6 Å². The molecule has 0 atom stereocenters. The molecule has 5 nitrogen and oxygen atoms in total. The number of hydrogen-bond donors (Lipinski definition) is 1. The van der Waals surface area contributed by atoms with Gasteiger partial charge in [0.1, 0.15) is 5.82 Å². The Balaban J connectivity index is 1.65. The molecule has 0 spiro atoms. The maximum absolute atomic E-state index is 13.8. The quantitative estimate of drug-likeness (QED) is 0.789. The van der Waals surface area contributed by atoms with Gasteiger partial charge in [-0.1, -0.05) is 25.0 Å². The van der Waals surface area contributed by atoms with Crippen LogP contribution in [0.4, 0.5) is 4.39 Å². The number of sulfonamides is 1. The number of carbonyl (C=O) groups excluding carboxylic acids is 1. The van der Waals surface area contributed by atoms with Crippen LogP contribution in [0.3, 0.4) is 0 Å². The van der Waals surface area contributed by atoms with Crippen LogP contribution >= 0.6 is 0 Å². The normalized spacial score (nSPS) is 20.7. The van der Waals surface area contributed by atoms with Crippen molar-refractivity contribution in [2.75, 3.05) is 25.4 Å². The number of carbonyl (C=O) groups is 1. The highest BCUT2D eigenvalue weighted by Crippen LogP contribution is 2.45. The molecular formula is C19H27FN2O3S. The monoisotopic (exact) mass is 382 g/mol. The van der Waals surface area contributed by atoms with Crippen LogP contribution in [0.5, 0.6) is 0 Å². The zero-order valence-electron chi connectivity index (χ0n) is 15.2. The lowest BCUT2D eigenvalue weighted by Gasteiger charge is -2.41. The Morgan fingerprint density at radius 1 is 1.27 bits per heavy atom. The summed E-state index contributed by atoms with van der Waals surface area (Å²) in [5.74, 6) is -0.131. The van der Waals surface area contributed by atoms with E-state index in [4.69, 9.17) is 0 Å². The first kappa shape index (κ1) is 19.3. The first-order valence-electron chi connectivity index (χ1n) is 9.36. The third kappa shape index (κ3) is 4.43. The molecule has 0 aromatic heterocycles. The van der Waals surface area contributed by atoms with E-state index in [0.29, 0.717) is 25.6 Å². The highest BCUT2D eigenvalue weighted by Gasteiger charge is 2.41. The standard InChI is InChI=1S/C19H27FN2O3S/c1-2-26(24,25)22-11-9-19(10-12-22,13-15-7-8-15)14-21-18(23)16-5-3-4-6-17(16)20/h3-6,15H,2,7-14H2,1H3,(H,21,23).